The fourth-order valence-electron chi connectivity index (χ4n) is 4.26. The summed E-state index contributed by atoms with van der Waals surface area (Å²) in [5.41, 5.74) is 10.0. The number of methoxy groups -OCH3 is 1. The highest BCUT2D eigenvalue weighted by molar-refractivity contribution is 7.17. The van der Waals surface area contributed by atoms with E-state index in [1.165, 1.54) is 29.7 Å². The third-order valence-electron chi connectivity index (χ3n) is 5.62. The summed E-state index contributed by atoms with van der Waals surface area (Å²) in [7, 11) is 1.63. The molecule has 4 rings (SSSR count). The summed E-state index contributed by atoms with van der Waals surface area (Å²) in [6.45, 7) is 4.48. The van der Waals surface area contributed by atoms with Crippen molar-refractivity contribution in [3.63, 3.8) is 0 Å². The molecule has 0 amide bonds. The minimum absolute atomic E-state index is 0.229. The van der Waals surface area contributed by atoms with Crippen molar-refractivity contribution in [2.75, 3.05) is 19.5 Å². The Hall–Kier alpha value is -3.49. The average molecular weight is 466 g/mol. The number of nitrogens with zero attached hydrogens (tertiary/aromatic N) is 1. The summed E-state index contributed by atoms with van der Waals surface area (Å²) >= 11 is 1.18. The van der Waals surface area contributed by atoms with Crippen LogP contribution in [-0.2, 0) is 10.2 Å². The zero-order valence-electron chi connectivity index (χ0n) is 18.5. The molecule has 170 valence electrons. The van der Waals surface area contributed by atoms with Crippen molar-refractivity contribution in [1.82, 2.24) is 4.57 Å². The second kappa shape index (κ2) is 8.46. The van der Waals surface area contributed by atoms with Gasteiger partial charge >= 0.3 is 5.97 Å². The van der Waals surface area contributed by atoms with Crippen molar-refractivity contribution in [1.29, 1.82) is 5.41 Å². The molecule has 0 atom stereocenters. The number of carboxylic acid groups (broad SMARTS) is 1. The molecule has 0 unspecified atom stereocenters. The Labute approximate surface area is 194 Å². The first-order valence-corrected chi connectivity index (χ1v) is 11.1. The van der Waals surface area contributed by atoms with E-state index in [4.69, 9.17) is 15.9 Å². The van der Waals surface area contributed by atoms with E-state index in [0.717, 1.165) is 32.7 Å². The summed E-state index contributed by atoms with van der Waals surface area (Å²) in [6, 6.07) is 13.2. The van der Waals surface area contributed by atoms with Crippen molar-refractivity contribution >= 4 is 40.1 Å². The second-order valence-corrected chi connectivity index (χ2v) is 9.55. The number of ether oxygens (including phenoxy) is 1. The average Bonchev–Trinajstić information content (AvgIpc) is 3.37. The molecule has 0 saturated heterocycles. The van der Waals surface area contributed by atoms with Crippen LogP contribution in [0.25, 0.3) is 27.0 Å². The van der Waals surface area contributed by atoms with Gasteiger partial charge in [0.25, 0.3) is 0 Å². The molecule has 6 nitrogen and oxygen atoms in total. The van der Waals surface area contributed by atoms with E-state index in [2.05, 4.69) is 0 Å². The van der Waals surface area contributed by atoms with E-state index < -0.39 is 11.4 Å². The molecule has 2 aromatic heterocycles. The van der Waals surface area contributed by atoms with Gasteiger partial charge in [0.2, 0.25) is 0 Å². The summed E-state index contributed by atoms with van der Waals surface area (Å²) < 4.78 is 21.3. The van der Waals surface area contributed by atoms with Gasteiger partial charge in [0.1, 0.15) is 10.7 Å². The van der Waals surface area contributed by atoms with Crippen molar-refractivity contribution in [2.45, 2.75) is 19.3 Å². The Morgan fingerprint density at radius 2 is 1.94 bits per heavy atom. The fraction of sp³-hybridized carbons (Fsp3) is 0.200. The van der Waals surface area contributed by atoms with E-state index in [0.29, 0.717) is 17.9 Å². The summed E-state index contributed by atoms with van der Waals surface area (Å²) in [4.78, 5) is 12.6. The molecule has 0 radical (unpaired) electrons. The lowest BCUT2D eigenvalue weighted by Gasteiger charge is -2.28. The quantitative estimate of drug-likeness (QED) is 0.241. The third kappa shape index (κ3) is 3.92. The molecule has 2 aromatic carbocycles. The first-order valence-electron chi connectivity index (χ1n) is 10.2. The van der Waals surface area contributed by atoms with Crippen LogP contribution < -0.4 is 5.73 Å². The number of nitrogen functional groups attached to an aromatic ring is 1. The number of rotatable bonds is 7. The van der Waals surface area contributed by atoms with E-state index in [1.807, 2.05) is 30.5 Å². The van der Waals surface area contributed by atoms with Crippen molar-refractivity contribution < 1.29 is 19.0 Å². The molecule has 33 heavy (non-hydrogen) atoms. The summed E-state index contributed by atoms with van der Waals surface area (Å²) in [6.07, 6.45) is 1.20. The molecule has 0 spiro atoms. The van der Waals surface area contributed by atoms with Crippen LogP contribution in [0.3, 0.4) is 0 Å². The van der Waals surface area contributed by atoms with E-state index >= 15 is 0 Å². The molecular weight excluding hydrogens is 441 g/mol. The number of hydrogen-bond donors (Lipinski definition) is 3. The number of thiophene rings is 1. The topological polar surface area (TPSA) is 101 Å². The van der Waals surface area contributed by atoms with Gasteiger partial charge in [0.15, 0.2) is 0 Å². The Balaban J connectivity index is 2.20. The SMILES string of the molecule is COCC(C)(C)c1c(-c2ccc(C(=O)O)s2)c2cc(N)c(C=N)cc2n1-c1ccc(F)cc1. The second-order valence-electron chi connectivity index (χ2n) is 8.46. The van der Waals surface area contributed by atoms with Gasteiger partial charge in [-0.3, -0.25) is 0 Å². The molecule has 4 N–H and O–H groups in total. The number of nitrogens with one attached hydrogen (secondary N) is 1. The molecule has 0 aliphatic heterocycles. The van der Waals surface area contributed by atoms with Gasteiger partial charge in [-0.1, -0.05) is 13.8 Å². The van der Waals surface area contributed by atoms with Crippen LogP contribution in [0.4, 0.5) is 10.1 Å². The van der Waals surface area contributed by atoms with Gasteiger partial charge in [0.05, 0.1) is 12.1 Å². The highest BCUT2D eigenvalue weighted by Gasteiger charge is 2.33. The van der Waals surface area contributed by atoms with Gasteiger partial charge in [-0.15, -0.1) is 11.3 Å². The number of benzene rings is 2. The predicted octanol–water partition coefficient (Wildman–Crippen LogP) is 5.70. The highest BCUT2D eigenvalue weighted by atomic mass is 32.1. The van der Waals surface area contributed by atoms with Crippen LogP contribution in [0.5, 0.6) is 0 Å². The van der Waals surface area contributed by atoms with E-state index in [1.54, 1.807) is 31.4 Å². The van der Waals surface area contributed by atoms with E-state index in [-0.39, 0.29) is 10.7 Å². The zero-order valence-corrected chi connectivity index (χ0v) is 19.3. The Morgan fingerprint density at radius 3 is 2.52 bits per heavy atom. The Kier molecular flexibility index (Phi) is 5.82. The van der Waals surface area contributed by atoms with Crippen LogP contribution in [0.15, 0.2) is 48.5 Å². The van der Waals surface area contributed by atoms with Crippen LogP contribution in [0.2, 0.25) is 0 Å². The van der Waals surface area contributed by atoms with Gasteiger partial charge in [-0.25, -0.2) is 9.18 Å². The number of aromatic nitrogens is 1. The molecule has 2 heterocycles. The number of anilines is 1. The monoisotopic (exact) mass is 465 g/mol. The summed E-state index contributed by atoms with van der Waals surface area (Å²) in [5, 5.41) is 18.1. The van der Waals surface area contributed by atoms with Crippen molar-refractivity contribution in [2.24, 2.45) is 0 Å². The number of fused-ring (bicyclic) bond motifs is 1. The van der Waals surface area contributed by atoms with Gasteiger partial charge < -0.3 is 25.6 Å². The number of nitrogens with two attached hydrogens (primary N) is 1. The molecular formula is C25H24FN3O3S. The third-order valence-corrected chi connectivity index (χ3v) is 6.71. The smallest absolute Gasteiger partial charge is 0.345 e. The van der Waals surface area contributed by atoms with Gasteiger partial charge in [0, 0.05) is 57.2 Å². The predicted molar refractivity (Wildman–Crippen MR) is 131 cm³/mol. The minimum atomic E-state index is -0.989. The highest BCUT2D eigenvalue weighted by Crippen LogP contribution is 2.46. The fourth-order valence-corrected chi connectivity index (χ4v) is 5.16. The molecule has 0 fully saturated rings. The first-order chi connectivity index (χ1) is 15.7. The van der Waals surface area contributed by atoms with Gasteiger partial charge in [-0.2, -0.15) is 0 Å². The minimum Gasteiger partial charge on any atom is -0.477 e. The number of carbonyl (C=O) groups is 1. The molecule has 4 aromatic rings. The maximum atomic E-state index is 13.8. The van der Waals surface area contributed by atoms with Crippen LogP contribution in [-0.4, -0.2) is 35.6 Å². The number of halogens is 1. The Bertz CT molecular complexity index is 1370. The van der Waals surface area contributed by atoms with Crippen molar-refractivity contribution in [3.8, 4) is 16.1 Å². The lowest BCUT2D eigenvalue weighted by molar-refractivity contribution is 0.0702. The molecule has 0 bridgehead atoms. The Morgan fingerprint density at radius 1 is 1.24 bits per heavy atom. The summed E-state index contributed by atoms with van der Waals surface area (Å²) in [5.74, 6) is -1.33. The lowest BCUT2D eigenvalue weighted by Crippen LogP contribution is -2.27. The molecule has 8 heteroatoms. The maximum Gasteiger partial charge on any atom is 0.345 e. The van der Waals surface area contributed by atoms with Crippen molar-refractivity contribution in [3.05, 3.63) is 70.5 Å². The first kappa shape index (κ1) is 22.7. The van der Waals surface area contributed by atoms with Crippen LogP contribution in [0, 0.1) is 11.2 Å². The van der Waals surface area contributed by atoms with Crippen LogP contribution in [0.1, 0.15) is 34.8 Å². The lowest BCUT2D eigenvalue weighted by atomic mass is 9.86. The standard InChI is InChI=1S/C25H24FN3O3S/c1-25(2,13-32-3)23-22(20-8-9-21(33-20)24(30)31)17-11-18(28)14(12-27)10-19(17)29(23)16-6-4-15(26)5-7-16/h4-12,27H,13,28H2,1-3H3,(H,30,31). The zero-order chi connectivity index (χ0) is 23.9. The largest absolute Gasteiger partial charge is 0.477 e. The number of hydrogen-bond acceptors (Lipinski definition) is 5. The number of aromatic carboxylic acids is 1. The molecule has 0 aliphatic carbocycles. The van der Waals surface area contributed by atoms with E-state index in [9.17, 15) is 14.3 Å². The molecule has 0 saturated carbocycles. The molecule has 0 aliphatic rings. The normalized spacial score (nSPS) is 11.8. The van der Waals surface area contributed by atoms with Gasteiger partial charge in [-0.05, 0) is 48.5 Å². The number of carboxylic acids is 1. The van der Waals surface area contributed by atoms with Crippen LogP contribution >= 0.6 is 11.3 Å². The maximum absolute atomic E-state index is 13.8.